The van der Waals surface area contributed by atoms with Gasteiger partial charge in [0.15, 0.2) is 5.69 Å². The Bertz CT molecular complexity index is 568. The molecular formula is C11H18ClN3O4S. The van der Waals surface area contributed by atoms with Crippen LogP contribution in [0.5, 0.6) is 0 Å². The van der Waals surface area contributed by atoms with E-state index in [9.17, 15) is 13.2 Å². The highest BCUT2D eigenvalue weighted by molar-refractivity contribution is 8.13. The quantitative estimate of drug-likeness (QED) is 0.577. The smallest absolute Gasteiger partial charge is 0.273 e. The molecule has 9 heteroatoms. The largest absolute Gasteiger partial charge is 0.379 e. The molecule has 0 spiro atoms. The fraction of sp³-hybridized carbons (Fsp3) is 0.636. The molecule has 114 valence electrons. The molecule has 0 saturated carbocycles. The molecule has 0 saturated heterocycles. The van der Waals surface area contributed by atoms with E-state index in [0.717, 1.165) is 0 Å². The molecule has 0 atom stereocenters. The molecule has 1 rings (SSSR count). The summed E-state index contributed by atoms with van der Waals surface area (Å²) in [5.74, 6) is -0.200. The van der Waals surface area contributed by atoms with Gasteiger partial charge in [-0.05, 0) is 12.8 Å². The Hall–Kier alpha value is -1.12. The number of nitrogens with one attached hydrogen (secondary N) is 2. The monoisotopic (exact) mass is 323 g/mol. The second-order valence-corrected chi connectivity index (χ2v) is 7.19. The number of nitrogens with zero attached hydrogens (tertiary/aromatic N) is 1. The van der Waals surface area contributed by atoms with Crippen molar-refractivity contribution in [3.8, 4) is 0 Å². The van der Waals surface area contributed by atoms with E-state index in [2.05, 4.69) is 15.5 Å². The second kappa shape index (κ2) is 7.05. The minimum absolute atomic E-state index is 0.223. The molecule has 2 N–H and O–H groups in total. The van der Waals surface area contributed by atoms with Crippen molar-refractivity contribution < 1.29 is 17.9 Å². The summed E-state index contributed by atoms with van der Waals surface area (Å²) in [6.07, 6.45) is 0. The third kappa shape index (κ3) is 4.77. The lowest BCUT2D eigenvalue weighted by Gasteiger charge is -2.07. The van der Waals surface area contributed by atoms with Gasteiger partial charge in [-0.3, -0.25) is 9.89 Å². The molecule has 20 heavy (non-hydrogen) atoms. The molecular weight excluding hydrogens is 306 g/mol. The topological polar surface area (TPSA) is 101 Å². The van der Waals surface area contributed by atoms with Gasteiger partial charge in [0.25, 0.3) is 15.0 Å². The van der Waals surface area contributed by atoms with Gasteiger partial charge in [-0.25, -0.2) is 8.42 Å². The van der Waals surface area contributed by atoms with E-state index in [1.54, 1.807) is 0 Å². The van der Waals surface area contributed by atoms with Crippen LogP contribution in [0.15, 0.2) is 4.90 Å². The number of hydrogen-bond acceptors (Lipinski definition) is 5. The van der Waals surface area contributed by atoms with Crippen LogP contribution in [-0.4, -0.2) is 44.3 Å². The number of rotatable bonds is 7. The predicted octanol–water partition coefficient (Wildman–Crippen LogP) is 1.05. The average Bonchev–Trinajstić information content (AvgIpc) is 2.69. The maximum atomic E-state index is 11.9. The highest BCUT2D eigenvalue weighted by atomic mass is 35.7. The third-order valence-corrected chi connectivity index (χ3v) is 3.78. The molecule has 0 aliphatic carbocycles. The zero-order valence-corrected chi connectivity index (χ0v) is 13.1. The first-order valence-corrected chi connectivity index (χ1v) is 8.40. The summed E-state index contributed by atoms with van der Waals surface area (Å²) in [5.41, 5.74) is -0.0115. The molecule has 0 radical (unpaired) electrons. The standard InChI is InChI=1S/C11H18ClN3O4S/c1-7(2)6-19-5-4-13-11(16)9-10(20(12,17)18)8(3)14-15-9/h7H,4-6H2,1-3H3,(H,13,16)(H,14,15). The minimum atomic E-state index is -4.03. The summed E-state index contributed by atoms with van der Waals surface area (Å²) in [6, 6.07) is 0. The Balaban J connectivity index is 2.61. The Labute approximate surface area is 122 Å². The highest BCUT2D eigenvalue weighted by Crippen LogP contribution is 2.21. The van der Waals surface area contributed by atoms with Gasteiger partial charge in [0.2, 0.25) is 0 Å². The van der Waals surface area contributed by atoms with Crippen molar-refractivity contribution in [3.05, 3.63) is 11.4 Å². The first-order valence-electron chi connectivity index (χ1n) is 6.09. The van der Waals surface area contributed by atoms with Crippen molar-refractivity contribution in [1.29, 1.82) is 0 Å². The van der Waals surface area contributed by atoms with Gasteiger partial charge in [-0.15, -0.1) is 0 Å². The van der Waals surface area contributed by atoms with Gasteiger partial charge in [-0.2, -0.15) is 5.10 Å². The van der Waals surface area contributed by atoms with Crippen LogP contribution in [0.4, 0.5) is 0 Å². The second-order valence-electron chi connectivity index (χ2n) is 4.69. The Morgan fingerprint density at radius 1 is 1.50 bits per heavy atom. The van der Waals surface area contributed by atoms with Crippen molar-refractivity contribution in [2.24, 2.45) is 5.92 Å². The number of aromatic amines is 1. The predicted molar refractivity (Wildman–Crippen MR) is 74.4 cm³/mol. The zero-order chi connectivity index (χ0) is 15.3. The van der Waals surface area contributed by atoms with Crippen LogP contribution in [0, 0.1) is 12.8 Å². The summed E-state index contributed by atoms with van der Waals surface area (Å²) in [6.45, 7) is 6.71. The summed E-state index contributed by atoms with van der Waals surface area (Å²) < 4.78 is 28.1. The summed E-state index contributed by atoms with van der Waals surface area (Å²) in [4.78, 5) is 11.6. The van der Waals surface area contributed by atoms with Crippen molar-refractivity contribution in [3.63, 3.8) is 0 Å². The van der Waals surface area contributed by atoms with Gasteiger partial charge in [0.05, 0.1) is 12.3 Å². The van der Waals surface area contributed by atoms with E-state index < -0.39 is 15.0 Å². The van der Waals surface area contributed by atoms with Crippen LogP contribution in [0.3, 0.4) is 0 Å². The number of H-pyrrole nitrogens is 1. The summed E-state index contributed by atoms with van der Waals surface area (Å²) in [7, 11) is 1.25. The lowest BCUT2D eigenvalue weighted by Crippen LogP contribution is -2.29. The van der Waals surface area contributed by atoms with Crippen molar-refractivity contribution in [1.82, 2.24) is 15.5 Å². The van der Waals surface area contributed by atoms with Gasteiger partial charge in [0.1, 0.15) is 4.90 Å². The summed E-state index contributed by atoms with van der Waals surface area (Å²) in [5, 5.41) is 8.63. The molecule has 1 aromatic heterocycles. The molecule has 0 aliphatic heterocycles. The number of amides is 1. The highest BCUT2D eigenvalue weighted by Gasteiger charge is 2.26. The molecule has 7 nitrogen and oxygen atoms in total. The Morgan fingerprint density at radius 3 is 2.70 bits per heavy atom. The van der Waals surface area contributed by atoms with Gasteiger partial charge < -0.3 is 10.1 Å². The van der Waals surface area contributed by atoms with Crippen LogP contribution in [0.1, 0.15) is 30.0 Å². The normalized spacial score (nSPS) is 11.8. The van der Waals surface area contributed by atoms with Crippen molar-refractivity contribution in [2.75, 3.05) is 19.8 Å². The molecule has 1 aromatic rings. The van der Waals surface area contributed by atoms with E-state index in [1.165, 1.54) is 6.92 Å². The van der Waals surface area contributed by atoms with Crippen molar-refractivity contribution >= 4 is 25.6 Å². The molecule has 0 aliphatic rings. The summed E-state index contributed by atoms with van der Waals surface area (Å²) >= 11 is 0. The average molecular weight is 324 g/mol. The number of aromatic nitrogens is 2. The van der Waals surface area contributed by atoms with Gasteiger partial charge >= 0.3 is 0 Å². The number of carbonyl (C=O) groups is 1. The van der Waals surface area contributed by atoms with E-state index in [-0.39, 0.29) is 22.8 Å². The lowest BCUT2D eigenvalue weighted by molar-refractivity contribution is 0.0879. The molecule has 0 unspecified atom stereocenters. The third-order valence-electron chi connectivity index (χ3n) is 2.33. The molecule has 1 amide bonds. The molecule has 1 heterocycles. The number of halogens is 1. The van der Waals surface area contributed by atoms with E-state index in [4.69, 9.17) is 15.4 Å². The lowest BCUT2D eigenvalue weighted by atomic mass is 10.2. The molecule has 0 fully saturated rings. The number of hydrogen-bond donors (Lipinski definition) is 2. The Kier molecular flexibility index (Phi) is 5.97. The maximum Gasteiger partial charge on any atom is 0.273 e. The minimum Gasteiger partial charge on any atom is -0.379 e. The Morgan fingerprint density at radius 2 is 2.15 bits per heavy atom. The first kappa shape index (κ1) is 16.9. The first-order chi connectivity index (χ1) is 9.23. The number of ether oxygens (including phenoxy) is 1. The SMILES string of the molecule is Cc1[nH]nc(C(=O)NCCOCC(C)C)c1S(=O)(=O)Cl. The van der Waals surface area contributed by atoms with Gasteiger partial charge in [0, 0.05) is 23.8 Å². The van der Waals surface area contributed by atoms with Crippen LogP contribution < -0.4 is 5.32 Å². The molecule has 0 aromatic carbocycles. The fourth-order valence-electron chi connectivity index (χ4n) is 1.51. The van der Waals surface area contributed by atoms with Crippen molar-refractivity contribution in [2.45, 2.75) is 25.7 Å². The van der Waals surface area contributed by atoms with Crippen LogP contribution in [0.25, 0.3) is 0 Å². The maximum absolute atomic E-state index is 11.9. The fourth-order valence-corrected chi connectivity index (χ4v) is 2.86. The zero-order valence-electron chi connectivity index (χ0n) is 11.6. The van der Waals surface area contributed by atoms with Gasteiger partial charge in [-0.1, -0.05) is 13.8 Å². The number of carbonyl (C=O) groups excluding carboxylic acids is 1. The van der Waals surface area contributed by atoms with E-state index >= 15 is 0 Å². The molecule has 0 bridgehead atoms. The van der Waals surface area contributed by atoms with Crippen LogP contribution in [0.2, 0.25) is 0 Å². The van der Waals surface area contributed by atoms with Crippen LogP contribution in [-0.2, 0) is 13.8 Å². The van der Waals surface area contributed by atoms with E-state index in [1.807, 2.05) is 13.8 Å². The van der Waals surface area contributed by atoms with Crippen LogP contribution >= 0.6 is 10.7 Å². The van der Waals surface area contributed by atoms with E-state index in [0.29, 0.717) is 19.1 Å². The number of aryl methyl sites for hydroxylation is 1.